The molecule has 0 saturated heterocycles. The number of hydrogen-bond acceptors (Lipinski definition) is 4. The van der Waals surface area contributed by atoms with Gasteiger partial charge < -0.3 is 11.5 Å². The van der Waals surface area contributed by atoms with Crippen molar-refractivity contribution in [2.75, 3.05) is 0 Å². The van der Waals surface area contributed by atoms with Gasteiger partial charge in [-0.1, -0.05) is 29.3 Å². The fraction of sp³-hybridized carbons (Fsp3) is 0.118. The second-order valence-corrected chi connectivity index (χ2v) is 7.36. The van der Waals surface area contributed by atoms with E-state index in [2.05, 4.69) is 4.99 Å². The summed E-state index contributed by atoms with van der Waals surface area (Å²) in [6.45, 7) is 1.76. The Kier molecular flexibility index (Phi) is 4.45. The fourth-order valence-electron chi connectivity index (χ4n) is 2.77. The monoisotopic (exact) mass is 393 g/mol. The molecular formula is C17H13Cl2N3O2S. The normalized spacial score (nSPS) is 18.7. The number of allylic oxidation sites excluding steroid dienone is 1. The van der Waals surface area contributed by atoms with Crippen LogP contribution in [-0.2, 0) is 10.3 Å². The van der Waals surface area contributed by atoms with Crippen LogP contribution in [0.1, 0.15) is 20.8 Å². The minimum atomic E-state index is -1.42. The maximum absolute atomic E-state index is 12.1. The van der Waals surface area contributed by atoms with E-state index in [1.807, 2.05) is 0 Å². The summed E-state index contributed by atoms with van der Waals surface area (Å²) in [5.74, 6) is -1.33. The van der Waals surface area contributed by atoms with Crippen molar-refractivity contribution in [1.29, 1.82) is 0 Å². The Bertz CT molecular complexity index is 951. The molecule has 0 radical (unpaired) electrons. The van der Waals surface area contributed by atoms with Gasteiger partial charge in [-0.05, 0) is 42.3 Å². The van der Waals surface area contributed by atoms with Crippen molar-refractivity contribution < 1.29 is 9.59 Å². The van der Waals surface area contributed by atoms with E-state index < -0.39 is 17.4 Å². The van der Waals surface area contributed by atoms with E-state index >= 15 is 0 Å². The maximum Gasteiger partial charge on any atom is 0.254 e. The Morgan fingerprint density at radius 3 is 2.44 bits per heavy atom. The number of nitrogens with zero attached hydrogens (tertiary/aromatic N) is 1. The van der Waals surface area contributed by atoms with Crippen molar-refractivity contribution in [2.45, 2.75) is 12.5 Å². The van der Waals surface area contributed by atoms with Gasteiger partial charge in [0.1, 0.15) is 0 Å². The number of benzene rings is 1. The average molecular weight is 394 g/mol. The second-order valence-electron chi connectivity index (χ2n) is 5.52. The minimum Gasteiger partial charge on any atom is -0.367 e. The van der Waals surface area contributed by atoms with Crippen LogP contribution in [0.3, 0.4) is 0 Å². The van der Waals surface area contributed by atoms with E-state index in [1.165, 1.54) is 17.6 Å². The zero-order valence-corrected chi connectivity index (χ0v) is 15.4. The van der Waals surface area contributed by atoms with Gasteiger partial charge in [0.25, 0.3) is 5.91 Å². The maximum atomic E-state index is 12.1. The summed E-state index contributed by atoms with van der Waals surface area (Å²) in [7, 11) is 0. The van der Waals surface area contributed by atoms with Gasteiger partial charge in [0.05, 0.1) is 20.5 Å². The highest BCUT2D eigenvalue weighted by atomic mass is 35.5. The lowest BCUT2D eigenvalue weighted by Crippen LogP contribution is -2.37. The Morgan fingerprint density at radius 1 is 1.20 bits per heavy atom. The zero-order valence-electron chi connectivity index (χ0n) is 13.0. The number of primary amides is 2. The highest BCUT2D eigenvalue weighted by Gasteiger charge is 2.42. The quantitative estimate of drug-likeness (QED) is 0.830. The number of rotatable bonds is 4. The third-order valence-electron chi connectivity index (χ3n) is 4.00. The van der Waals surface area contributed by atoms with Crippen LogP contribution in [0.15, 0.2) is 35.3 Å². The Labute approximate surface area is 157 Å². The molecule has 2 amide bonds. The van der Waals surface area contributed by atoms with Crippen LogP contribution in [0.2, 0.25) is 10.0 Å². The highest BCUT2D eigenvalue weighted by molar-refractivity contribution is 7.16. The number of nitrogens with two attached hydrogens (primary N) is 2. The molecule has 0 bridgehead atoms. The van der Waals surface area contributed by atoms with Crippen molar-refractivity contribution in [2.24, 2.45) is 16.5 Å². The fourth-order valence-corrected chi connectivity index (χ4v) is 4.50. The summed E-state index contributed by atoms with van der Waals surface area (Å²) in [5.41, 5.74) is 11.4. The Balaban J connectivity index is 2.29. The molecule has 1 atom stereocenters. The van der Waals surface area contributed by atoms with E-state index in [9.17, 15) is 9.59 Å². The number of halogens is 2. The first-order valence-electron chi connectivity index (χ1n) is 7.20. The van der Waals surface area contributed by atoms with Gasteiger partial charge in [-0.25, -0.2) is 0 Å². The molecule has 128 valence electrons. The summed E-state index contributed by atoms with van der Waals surface area (Å²) in [6.07, 6.45) is 4.65. The number of carbonyl (C=O) groups is 2. The molecule has 1 aliphatic rings. The third kappa shape index (κ3) is 2.76. The first kappa shape index (κ1) is 17.7. The minimum absolute atomic E-state index is 0.244. The average Bonchev–Trinajstić information content (AvgIpc) is 3.15. The molecule has 25 heavy (non-hydrogen) atoms. The van der Waals surface area contributed by atoms with Gasteiger partial charge in [0.15, 0.2) is 5.54 Å². The topological polar surface area (TPSA) is 98.5 Å². The highest BCUT2D eigenvalue weighted by Crippen LogP contribution is 2.45. The molecular weight excluding hydrogens is 381 g/mol. The Morgan fingerprint density at radius 2 is 1.92 bits per heavy atom. The van der Waals surface area contributed by atoms with Gasteiger partial charge >= 0.3 is 0 Å². The smallest absolute Gasteiger partial charge is 0.254 e. The third-order valence-corrected chi connectivity index (χ3v) is 6.20. The lowest BCUT2D eigenvalue weighted by Gasteiger charge is -2.20. The lowest BCUT2D eigenvalue weighted by atomic mass is 9.92. The van der Waals surface area contributed by atoms with Gasteiger partial charge in [0, 0.05) is 11.1 Å². The van der Waals surface area contributed by atoms with Crippen LogP contribution in [0.4, 0.5) is 0 Å². The van der Waals surface area contributed by atoms with Crippen molar-refractivity contribution in [3.05, 3.63) is 56.4 Å². The SMILES string of the molecule is Cc1c(-c2ccc(Cl)c(Cl)c2)sc(C2(C(N)=O)C=CC=N2)c1C(N)=O. The van der Waals surface area contributed by atoms with E-state index in [1.54, 1.807) is 37.3 Å². The van der Waals surface area contributed by atoms with E-state index in [4.69, 9.17) is 34.7 Å². The van der Waals surface area contributed by atoms with Crippen LogP contribution in [0, 0.1) is 6.92 Å². The lowest BCUT2D eigenvalue weighted by molar-refractivity contribution is -0.121. The van der Waals surface area contributed by atoms with Gasteiger partial charge in [0.2, 0.25) is 5.91 Å². The van der Waals surface area contributed by atoms with Crippen molar-refractivity contribution in [3.63, 3.8) is 0 Å². The first-order valence-corrected chi connectivity index (χ1v) is 8.77. The largest absolute Gasteiger partial charge is 0.367 e. The predicted molar refractivity (Wildman–Crippen MR) is 102 cm³/mol. The summed E-state index contributed by atoms with van der Waals surface area (Å²) < 4.78 is 0. The number of hydrogen-bond donors (Lipinski definition) is 2. The summed E-state index contributed by atoms with van der Waals surface area (Å²) in [4.78, 5) is 29.6. The van der Waals surface area contributed by atoms with Gasteiger partial charge in [-0.3, -0.25) is 14.6 Å². The summed E-state index contributed by atoms with van der Waals surface area (Å²) in [6, 6.07) is 5.15. The van der Waals surface area contributed by atoms with E-state index in [0.29, 0.717) is 20.5 Å². The summed E-state index contributed by atoms with van der Waals surface area (Å²) in [5, 5.41) is 0.810. The van der Waals surface area contributed by atoms with E-state index in [-0.39, 0.29) is 5.56 Å². The molecule has 2 aromatic rings. The van der Waals surface area contributed by atoms with Gasteiger partial charge in [-0.15, -0.1) is 11.3 Å². The second kappa shape index (κ2) is 6.29. The molecule has 1 aliphatic heterocycles. The number of thiophene rings is 1. The number of aliphatic imine (C=N–C) groups is 1. The molecule has 0 aliphatic carbocycles. The van der Waals surface area contributed by atoms with Crippen LogP contribution >= 0.6 is 34.5 Å². The molecule has 0 fully saturated rings. The first-order chi connectivity index (χ1) is 11.8. The number of amides is 2. The molecule has 3 rings (SSSR count). The van der Waals surface area contributed by atoms with Crippen molar-refractivity contribution in [1.82, 2.24) is 0 Å². The Hall–Kier alpha value is -2.15. The van der Waals surface area contributed by atoms with Gasteiger partial charge in [-0.2, -0.15) is 0 Å². The van der Waals surface area contributed by atoms with Crippen molar-refractivity contribution >= 4 is 52.6 Å². The standard InChI is InChI=1S/C17H13Cl2N3O2S/c1-8-12(15(20)23)14(17(16(21)24)5-2-6-22-17)25-13(8)9-3-4-10(18)11(19)7-9/h2-7H,1H3,(H2,20,23)(H2,21,24). The molecule has 0 spiro atoms. The molecule has 1 aromatic carbocycles. The predicted octanol–water partition coefficient (Wildman–Crippen LogP) is 3.45. The number of carbonyl (C=O) groups excluding carboxylic acids is 2. The molecule has 2 heterocycles. The summed E-state index contributed by atoms with van der Waals surface area (Å²) >= 11 is 13.3. The molecule has 4 N–H and O–H groups in total. The van der Waals surface area contributed by atoms with E-state index in [0.717, 1.165) is 10.4 Å². The molecule has 0 saturated carbocycles. The van der Waals surface area contributed by atoms with Crippen LogP contribution in [0.25, 0.3) is 10.4 Å². The molecule has 8 heteroatoms. The van der Waals surface area contributed by atoms with Crippen LogP contribution in [0.5, 0.6) is 0 Å². The molecule has 1 aromatic heterocycles. The van der Waals surface area contributed by atoms with Crippen LogP contribution < -0.4 is 11.5 Å². The van der Waals surface area contributed by atoms with Crippen molar-refractivity contribution in [3.8, 4) is 10.4 Å². The zero-order chi connectivity index (χ0) is 18.4. The van der Waals surface area contributed by atoms with Crippen LogP contribution in [-0.4, -0.2) is 18.0 Å². The molecule has 5 nitrogen and oxygen atoms in total. The molecule has 1 unspecified atom stereocenters.